The van der Waals surface area contributed by atoms with E-state index in [1.807, 2.05) is 0 Å². The molecule has 0 aromatic heterocycles. The smallest absolute Gasteiger partial charge is 0.128 e. The zero-order chi connectivity index (χ0) is 25.8. The van der Waals surface area contributed by atoms with E-state index in [1.54, 1.807) is 18.2 Å². The Balaban J connectivity index is 1.28. The third kappa shape index (κ3) is 4.18. The fourth-order valence-electron chi connectivity index (χ4n) is 9.29. The van der Waals surface area contributed by atoms with E-state index in [0.29, 0.717) is 30.2 Å². The molecule has 0 radical (unpaired) electrons. The molecule has 0 heterocycles. The summed E-state index contributed by atoms with van der Waals surface area (Å²) in [6.45, 7) is 6.93. The predicted octanol–water partition coefficient (Wildman–Crippen LogP) is 6.87. The number of hydrogen-bond donors (Lipinski definition) is 3. The van der Waals surface area contributed by atoms with Crippen molar-refractivity contribution in [3.63, 3.8) is 0 Å². The van der Waals surface area contributed by atoms with Crippen LogP contribution in [-0.4, -0.2) is 27.5 Å². The van der Waals surface area contributed by atoms with Gasteiger partial charge in [-0.05, 0) is 97.0 Å². The van der Waals surface area contributed by atoms with Crippen molar-refractivity contribution in [2.45, 2.75) is 103 Å². The van der Waals surface area contributed by atoms with Gasteiger partial charge in [-0.25, -0.2) is 8.78 Å². The Morgan fingerprint density at radius 2 is 1.64 bits per heavy atom. The van der Waals surface area contributed by atoms with Crippen molar-refractivity contribution in [3.05, 3.63) is 47.0 Å². The van der Waals surface area contributed by atoms with E-state index >= 15 is 4.39 Å². The fraction of sp³-hybridized carbons (Fsp3) is 0.742. The highest BCUT2D eigenvalue weighted by Gasteiger charge is 2.61. The number of halogens is 2. The van der Waals surface area contributed by atoms with Crippen molar-refractivity contribution >= 4 is 0 Å². The summed E-state index contributed by atoms with van der Waals surface area (Å²) < 4.78 is 29.8. The van der Waals surface area contributed by atoms with E-state index < -0.39 is 18.3 Å². The molecule has 3 N–H and O–H groups in total. The molecule has 0 bridgehead atoms. The molecule has 5 heteroatoms. The topological polar surface area (TPSA) is 60.7 Å². The van der Waals surface area contributed by atoms with Crippen molar-refractivity contribution < 1.29 is 24.1 Å². The minimum atomic E-state index is -0.833. The summed E-state index contributed by atoms with van der Waals surface area (Å²) in [5, 5.41) is 31.5. The van der Waals surface area contributed by atoms with Gasteiger partial charge in [-0.3, -0.25) is 0 Å². The third-order valence-electron chi connectivity index (χ3n) is 11.4. The maximum Gasteiger partial charge on any atom is 0.128 e. The van der Waals surface area contributed by atoms with Crippen LogP contribution in [0.4, 0.5) is 8.78 Å². The Morgan fingerprint density at radius 3 is 2.39 bits per heavy atom. The normalized spacial score (nSPS) is 41.9. The molecule has 10 atom stereocenters. The zero-order valence-corrected chi connectivity index (χ0v) is 22.1. The number of allylic oxidation sites excluding steroid dienone is 2. The van der Waals surface area contributed by atoms with Crippen LogP contribution in [0.1, 0.15) is 96.6 Å². The Kier molecular flexibility index (Phi) is 7.15. The van der Waals surface area contributed by atoms with E-state index in [-0.39, 0.29) is 46.6 Å². The SMILES string of the molecule is C[C@H](CCCC(O)c1ccccc1F)C1CCC2C3=C(F)CC4C(O)C(O)CCC4(C)C3CCC21C. The highest BCUT2D eigenvalue weighted by molar-refractivity contribution is 5.31. The summed E-state index contributed by atoms with van der Waals surface area (Å²) in [5.41, 5.74) is 1.36. The van der Waals surface area contributed by atoms with Crippen LogP contribution in [0.25, 0.3) is 0 Å². The summed E-state index contributed by atoms with van der Waals surface area (Å²) in [7, 11) is 0. The standard InChI is InChI=1S/C31H44F2O3/c1-18(7-6-10-26(34)19-8-4-5-9-24(19)32)20-11-12-21-28-22(13-15-30(20,21)2)31(3)16-14-27(35)29(36)23(31)17-25(28)33/h4-5,8-9,18,20-23,26-27,29,34-36H,6-7,10-17H2,1-3H3/t18-,20?,21?,22?,23?,26?,27?,29?,30?,31?/m1/s1. The molecule has 0 saturated heterocycles. The second-order valence-corrected chi connectivity index (χ2v) is 13.1. The van der Waals surface area contributed by atoms with E-state index in [0.717, 1.165) is 50.5 Å². The number of hydrogen-bond acceptors (Lipinski definition) is 3. The first-order chi connectivity index (χ1) is 17.1. The second-order valence-electron chi connectivity index (χ2n) is 13.1. The molecular formula is C31H44F2O3. The molecule has 3 nitrogen and oxygen atoms in total. The van der Waals surface area contributed by atoms with E-state index in [4.69, 9.17) is 0 Å². The van der Waals surface area contributed by atoms with Crippen molar-refractivity contribution in [1.82, 2.24) is 0 Å². The average molecular weight is 503 g/mol. The van der Waals surface area contributed by atoms with Crippen LogP contribution < -0.4 is 0 Å². The summed E-state index contributed by atoms with van der Waals surface area (Å²) in [5.74, 6) is 0.852. The van der Waals surface area contributed by atoms with Gasteiger partial charge in [-0.1, -0.05) is 51.8 Å². The van der Waals surface area contributed by atoms with Gasteiger partial charge in [0.1, 0.15) is 11.6 Å². The average Bonchev–Trinajstić information content (AvgIpc) is 3.20. The van der Waals surface area contributed by atoms with Crippen LogP contribution in [-0.2, 0) is 0 Å². The Hall–Kier alpha value is -1.30. The minimum absolute atomic E-state index is 0.00661. The van der Waals surface area contributed by atoms with Gasteiger partial charge in [0.15, 0.2) is 0 Å². The lowest BCUT2D eigenvalue weighted by Gasteiger charge is -2.59. The first-order valence-electron chi connectivity index (χ1n) is 14.2. The van der Waals surface area contributed by atoms with Crippen LogP contribution in [0.3, 0.4) is 0 Å². The first-order valence-corrected chi connectivity index (χ1v) is 14.2. The van der Waals surface area contributed by atoms with Crippen LogP contribution >= 0.6 is 0 Å². The molecule has 1 aromatic rings. The molecule has 0 aliphatic heterocycles. The summed E-state index contributed by atoms with van der Waals surface area (Å²) >= 11 is 0. The maximum absolute atomic E-state index is 15.8. The summed E-state index contributed by atoms with van der Waals surface area (Å²) in [4.78, 5) is 0. The highest BCUT2D eigenvalue weighted by Crippen LogP contribution is 2.68. The number of fused-ring (bicyclic) bond motifs is 5. The third-order valence-corrected chi connectivity index (χ3v) is 11.4. The number of rotatable bonds is 6. The molecule has 3 fully saturated rings. The van der Waals surface area contributed by atoms with Crippen LogP contribution in [0, 0.1) is 46.2 Å². The first kappa shape index (κ1) is 26.3. The lowest BCUT2D eigenvalue weighted by Crippen LogP contribution is -2.55. The van der Waals surface area contributed by atoms with Gasteiger partial charge in [0.05, 0.1) is 18.3 Å². The van der Waals surface area contributed by atoms with E-state index in [1.165, 1.54) is 6.07 Å². The minimum Gasteiger partial charge on any atom is -0.390 e. The highest BCUT2D eigenvalue weighted by atomic mass is 19.1. The van der Waals surface area contributed by atoms with Gasteiger partial charge in [0.2, 0.25) is 0 Å². The molecule has 1 aromatic carbocycles. The molecule has 0 spiro atoms. The summed E-state index contributed by atoms with van der Waals surface area (Å²) in [6, 6.07) is 6.46. The van der Waals surface area contributed by atoms with Crippen molar-refractivity contribution in [3.8, 4) is 0 Å². The van der Waals surface area contributed by atoms with Gasteiger partial charge >= 0.3 is 0 Å². The fourth-order valence-corrected chi connectivity index (χ4v) is 9.29. The molecule has 200 valence electrons. The van der Waals surface area contributed by atoms with Crippen molar-refractivity contribution in [2.75, 3.05) is 0 Å². The van der Waals surface area contributed by atoms with Crippen LogP contribution in [0.2, 0.25) is 0 Å². The number of benzene rings is 1. The molecular weight excluding hydrogens is 458 g/mol. The lowest BCUT2D eigenvalue weighted by atomic mass is 9.47. The molecule has 5 rings (SSSR count). The van der Waals surface area contributed by atoms with Gasteiger partial charge in [-0.15, -0.1) is 0 Å². The summed E-state index contributed by atoms with van der Waals surface area (Å²) in [6.07, 6.45) is 5.90. The molecule has 4 aliphatic carbocycles. The van der Waals surface area contributed by atoms with Crippen LogP contribution in [0.15, 0.2) is 35.7 Å². The Labute approximate surface area is 215 Å². The molecule has 36 heavy (non-hydrogen) atoms. The molecule has 0 amide bonds. The second kappa shape index (κ2) is 9.78. The number of aliphatic hydroxyl groups is 3. The molecule has 9 unspecified atom stereocenters. The Morgan fingerprint density at radius 1 is 0.944 bits per heavy atom. The van der Waals surface area contributed by atoms with Crippen LogP contribution in [0.5, 0.6) is 0 Å². The maximum atomic E-state index is 15.8. The van der Waals surface area contributed by atoms with Crippen molar-refractivity contribution in [1.29, 1.82) is 0 Å². The number of aliphatic hydroxyl groups excluding tert-OH is 3. The molecule has 4 aliphatic rings. The van der Waals surface area contributed by atoms with Gasteiger partial charge in [-0.2, -0.15) is 0 Å². The quantitative estimate of drug-likeness (QED) is 0.398. The molecule has 3 saturated carbocycles. The van der Waals surface area contributed by atoms with E-state index in [9.17, 15) is 19.7 Å². The van der Waals surface area contributed by atoms with Gasteiger partial charge < -0.3 is 15.3 Å². The zero-order valence-electron chi connectivity index (χ0n) is 22.1. The van der Waals surface area contributed by atoms with E-state index in [2.05, 4.69) is 20.8 Å². The lowest BCUT2D eigenvalue weighted by molar-refractivity contribution is -0.128. The monoisotopic (exact) mass is 502 g/mol. The van der Waals surface area contributed by atoms with Crippen molar-refractivity contribution in [2.24, 2.45) is 40.4 Å². The van der Waals surface area contributed by atoms with Gasteiger partial charge in [0, 0.05) is 12.0 Å². The Bertz CT molecular complexity index is 994. The predicted molar refractivity (Wildman–Crippen MR) is 137 cm³/mol. The van der Waals surface area contributed by atoms with Gasteiger partial charge in [0.25, 0.3) is 0 Å². The largest absolute Gasteiger partial charge is 0.390 e.